The molecule has 1 aromatic rings. The van der Waals surface area contributed by atoms with Gasteiger partial charge < -0.3 is 20.3 Å². The number of benzene rings is 1. The van der Waals surface area contributed by atoms with Crippen LogP contribution in [-0.2, 0) is 23.9 Å². The summed E-state index contributed by atoms with van der Waals surface area (Å²) in [5.74, 6) is -0.780. The highest BCUT2D eigenvalue weighted by atomic mass is 16.6. The van der Waals surface area contributed by atoms with E-state index < -0.39 is 59.2 Å². The predicted octanol–water partition coefficient (Wildman–Crippen LogP) is 2.80. The molecule has 0 radical (unpaired) electrons. The van der Waals surface area contributed by atoms with Crippen molar-refractivity contribution < 1.29 is 28.7 Å². The second kappa shape index (κ2) is 13.3. The Kier molecular flexibility index (Phi) is 10.1. The summed E-state index contributed by atoms with van der Waals surface area (Å²) in [5, 5.41) is 7.71. The lowest BCUT2D eigenvalue weighted by molar-refractivity contribution is -0.142. The van der Waals surface area contributed by atoms with Crippen LogP contribution in [-0.4, -0.2) is 64.8 Å². The maximum atomic E-state index is 13.6. The number of Topliss-reactive ketones (excluding diaryl/α,β-unsaturated/α-hetero) is 1. The van der Waals surface area contributed by atoms with Crippen molar-refractivity contribution in [3.63, 3.8) is 0 Å². The van der Waals surface area contributed by atoms with Crippen LogP contribution in [0, 0.1) is 24.2 Å². The largest absolute Gasteiger partial charge is 0.444 e. The number of terminal acetylenes is 1. The van der Waals surface area contributed by atoms with Gasteiger partial charge in [-0.05, 0) is 51.7 Å². The molecule has 4 amide bonds. The van der Waals surface area contributed by atoms with Crippen molar-refractivity contribution in [2.75, 3.05) is 11.9 Å². The summed E-state index contributed by atoms with van der Waals surface area (Å²) in [7, 11) is 0. The van der Waals surface area contributed by atoms with E-state index >= 15 is 0 Å². The first-order valence-corrected chi connectivity index (χ1v) is 13.5. The molecule has 10 heteroatoms. The third-order valence-electron chi connectivity index (χ3n) is 7.06. The molecule has 10 nitrogen and oxygen atoms in total. The van der Waals surface area contributed by atoms with E-state index in [4.69, 9.17) is 11.2 Å². The molecule has 40 heavy (non-hydrogen) atoms. The summed E-state index contributed by atoms with van der Waals surface area (Å²) < 4.78 is 5.21. The fourth-order valence-electron chi connectivity index (χ4n) is 4.84. The van der Waals surface area contributed by atoms with Crippen LogP contribution in [0.25, 0.3) is 0 Å². The summed E-state index contributed by atoms with van der Waals surface area (Å²) in [6.07, 6.45) is 9.87. The third-order valence-corrected chi connectivity index (χ3v) is 7.06. The molecule has 2 fully saturated rings. The van der Waals surface area contributed by atoms with Crippen LogP contribution >= 0.6 is 0 Å². The van der Waals surface area contributed by atoms with Crippen LogP contribution in [0.4, 0.5) is 10.5 Å². The molecule has 1 heterocycles. The monoisotopic (exact) mass is 550 g/mol. The van der Waals surface area contributed by atoms with Crippen LogP contribution in [0.15, 0.2) is 43.0 Å². The van der Waals surface area contributed by atoms with Crippen molar-refractivity contribution in [2.45, 2.75) is 76.6 Å². The number of nitrogens with one attached hydrogen (secondary N) is 3. The number of likely N-dealkylation sites (tertiary alicyclic amines) is 1. The SMILES string of the molecule is C#C[C@H](NC(=O)OC(C)(C)C)C(=O)N1CC[C@H](C=C)[C@H]1C(=O)NC(CC1CCC1)C(=O)C(=O)Nc1ccccc1. The highest BCUT2D eigenvalue weighted by Crippen LogP contribution is 2.31. The van der Waals surface area contributed by atoms with Crippen molar-refractivity contribution >= 4 is 35.3 Å². The van der Waals surface area contributed by atoms with Gasteiger partial charge in [0.05, 0.1) is 6.04 Å². The second-order valence-corrected chi connectivity index (χ2v) is 11.2. The molecule has 4 atom stereocenters. The smallest absolute Gasteiger partial charge is 0.409 e. The number of carbonyl (C=O) groups is 5. The number of hydrogen-bond donors (Lipinski definition) is 3. The van der Waals surface area contributed by atoms with Gasteiger partial charge in [-0.25, -0.2) is 4.79 Å². The van der Waals surface area contributed by atoms with Gasteiger partial charge in [0.15, 0.2) is 6.04 Å². The first kappa shape index (κ1) is 30.4. The molecule has 0 aromatic heterocycles. The number of para-hydroxylation sites is 1. The van der Waals surface area contributed by atoms with Crippen molar-refractivity contribution in [2.24, 2.45) is 11.8 Å². The van der Waals surface area contributed by atoms with Gasteiger partial charge in [0.2, 0.25) is 11.7 Å². The number of ether oxygens (including phenoxy) is 1. The van der Waals surface area contributed by atoms with Gasteiger partial charge in [0.25, 0.3) is 11.8 Å². The van der Waals surface area contributed by atoms with E-state index in [9.17, 15) is 24.0 Å². The minimum atomic E-state index is -1.36. The van der Waals surface area contributed by atoms with Crippen LogP contribution in [0.5, 0.6) is 0 Å². The summed E-state index contributed by atoms with van der Waals surface area (Å²) in [6, 6.07) is 5.13. The maximum absolute atomic E-state index is 13.6. The van der Waals surface area contributed by atoms with Crippen LogP contribution in [0.3, 0.4) is 0 Å². The molecule has 1 unspecified atom stereocenters. The lowest BCUT2D eigenvalue weighted by Crippen LogP contribution is -2.57. The summed E-state index contributed by atoms with van der Waals surface area (Å²) >= 11 is 0. The Bertz CT molecular complexity index is 1160. The van der Waals surface area contributed by atoms with Gasteiger partial charge in [-0.1, -0.05) is 49.5 Å². The fraction of sp³-hybridized carbons (Fsp3) is 0.500. The molecule has 1 aromatic carbocycles. The van der Waals surface area contributed by atoms with E-state index in [1.165, 1.54) is 4.90 Å². The molecule has 214 valence electrons. The Labute approximate surface area is 235 Å². The molecular weight excluding hydrogens is 512 g/mol. The fourth-order valence-corrected chi connectivity index (χ4v) is 4.84. The second-order valence-electron chi connectivity index (χ2n) is 11.2. The van der Waals surface area contributed by atoms with Gasteiger partial charge in [0, 0.05) is 18.2 Å². The number of amides is 4. The van der Waals surface area contributed by atoms with Crippen LogP contribution in [0.2, 0.25) is 0 Å². The lowest BCUT2D eigenvalue weighted by atomic mass is 9.80. The minimum absolute atomic E-state index is 0.192. The number of rotatable bonds is 10. The number of ketones is 1. The molecule has 0 spiro atoms. The van der Waals surface area contributed by atoms with Gasteiger partial charge in [-0.15, -0.1) is 13.0 Å². The highest BCUT2D eigenvalue weighted by molar-refractivity contribution is 6.42. The Balaban J connectivity index is 1.76. The number of anilines is 1. The Morgan fingerprint density at radius 3 is 2.35 bits per heavy atom. The Hall–Kier alpha value is -4.13. The minimum Gasteiger partial charge on any atom is -0.444 e. The normalized spacial score (nSPS) is 20.2. The van der Waals surface area contributed by atoms with Gasteiger partial charge >= 0.3 is 6.09 Å². The maximum Gasteiger partial charge on any atom is 0.409 e. The van der Waals surface area contributed by atoms with E-state index in [-0.39, 0.29) is 12.5 Å². The van der Waals surface area contributed by atoms with E-state index in [0.717, 1.165) is 19.3 Å². The molecule has 3 N–H and O–H groups in total. The molecule has 1 saturated heterocycles. The van der Waals surface area contributed by atoms with E-state index in [1.807, 2.05) is 0 Å². The molecular formula is C30H38N4O6. The van der Waals surface area contributed by atoms with Crippen LogP contribution < -0.4 is 16.0 Å². The zero-order valence-electron chi connectivity index (χ0n) is 23.3. The van der Waals surface area contributed by atoms with Crippen molar-refractivity contribution in [3.8, 4) is 12.3 Å². The summed E-state index contributed by atoms with van der Waals surface area (Å²) in [6.45, 7) is 9.03. The zero-order valence-corrected chi connectivity index (χ0v) is 23.3. The zero-order chi connectivity index (χ0) is 29.4. The van der Waals surface area contributed by atoms with E-state index in [1.54, 1.807) is 57.2 Å². The molecule has 1 aliphatic heterocycles. The van der Waals surface area contributed by atoms with Crippen molar-refractivity contribution in [1.82, 2.24) is 15.5 Å². The van der Waals surface area contributed by atoms with Gasteiger partial charge in [-0.2, -0.15) is 0 Å². The van der Waals surface area contributed by atoms with E-state index in [0.29, 0.717) is 18.5 Å². The third kappa shape index (κ3) is 7.94. The average molecular weight is 551 g/mol. The molecule has 1 aliphatic carbocycles. The van der Waals surface area contributed by atoms with Crippen molar-refractivity contribution in [3.05, 3.63) is 43.0 Å². The molecule has 2 aliphatic rings. The van der Waals surface area contributed by atoms with Crippen LogP contribution in [0.1, 0.15) is 52.9 Å². The number of nitrogens with zero attached hydrogens (tertiary/aromatic N) is 1. The average Bonchev–Trinajstić information content (AvgIpc) is 3.31. The standard InChI is InChI=1S/C30H38N4O6/c1-6-20-16-17-34(28(38)22(7-2)33-29(39)40-30(3,4)5)24(20)26(36)32-23(18-19-12-11-13-19)25(35)27(37)31-21-14-9-8-10-15-21/h2,6,8-10,14-15,19-20,22-24H,1,11-13,16-18H2,3-5H3,(H,31,37)(H,32,36)(H,33,39)/t20-,22-,23?,24-/m0/s1. The summed E-state index contributed by atoms with van der Waals surface area (Å²) in [5.41, 5.74) is -0.336. The van der Waals surface area contributed by atoms with Gasteiger partial charge in [-0.3, -0.25) is 24.5 Å². The Morgan fingerprint density at radius 1 is 1.12 bits per heavy atom. The molecule has 0 bridgehead atoms. The first-order valence-electron chi connectivity index (χ1n) is 13.5. The van der Waals surface area contributed by atoms with Crippen molar-refractivity contribution in [1.29, 1.82) is 0 Å². The number of alkyl carbamates (subject to hydrolysis) is 1. The quantitative estimate of drug-likeness (QED) is 0.233. The number of carbonyl (C=O) groups excluding carboxylic acids is 5. The van der Waals surface area contributed by atoms with Gasteiger partial charge in [0.1, 0.15) is 11.6 Å². The Morgan fingerprint density at radius 2 is 1.80 bits per heavy atom. The predicted molar refractivity (Wildman–Crippen MR) is 150 cm³/mol. The molecule has 3 rings (SSSR count). The van der Waals surface area contributed by atoms with E-state index in [2.05, 4.69) is 28.4 Å². The number of hydrogen-bond acceptors (Lipinski definition) is 6. The first-order chi connectivity index (χ1) is 18.9. The topological polar surface area (TPSA) is 134 Å². The summed E-state index contributed by atoms with van der Waals surface area (Å²) in [4.78, 5) is 66.6. The lowest BCUT2D eigenvalue weighted by Gasteiger charge is -2.32. The highest BCUT2D eigenvalue weighted by Gasteiger charge is 2.44. The molecule has 1 saturated carbocycles.